The predicted octanol–water partition coefficient (Wildman–Crippen LogP) is 4.77. The van der Waals surface area contributed by atoms with E-state index in [1.807, 2.05) is 49.4 Å². The second-order valence-electron chi connectivity index (χ2n) is 7.51. The first-order valence-electron chi connectivity index (χ1n) is 9.42. The summed E-state index contributed by atoms with van der Waals surface area (Å²) in [4.78, 5) is 25.6. The van der Waals surface area contributed by atoms with Gasteiger partial charge in [0.25, 0.3) is 0 Å². The highest BCUT2D eigenvalue weighted by Gasteiger charge is 2.38. The number of allylic oxidation sites excluding steroid dienone is 2. The van der Waals surface area contributed by atoms with E-state index in [2.05, 4.69) is 21.2 Å². The van der Waals surface area contributed by atoms with Crippen molar-refractivity contribution >= 4 is 27.6 Å². The van der Waals surface area contributed by atoms with Crippen LogP contribution in [-0.4, -0.2) is 18.8 Å². The molecular formula is C23H22BrNO3. The molecule has 0 fully saturated rings. The Morgan fingerprint density at radius 2 is 1.86 bits per heavy atom. The third-order valence-electron chi connectivity index (χ3n) is 5.70. The van der Waals surface area contributed by atoms with Gasteiger partial charge in [-0.3, -0.25) is 9.59 Å². The molecule has 4 nitrogen and oxygen atoms in total. The zero-order chi connectivity index (χ0) is 19.8. The Bertz CT molecular complexity index is 995. The van der Waals surface area contributed by atoms with Crippen LogP contribution in [0.15, 0.2) is 58.2 Å². The number of methoxy groups -OCH3 is 1. The summed E-state index contributed by atoms with van der Waals surface area (Å²) in [5.74, 6) is 0.736. The summed E-state index contributed by atoms with van der Waals surface area (Å²) >= 11 is 3.57. The van der Waals surface area contributed by atoms with Crippen molar-refractivity contribution in [3.8, 4) is 5.75 Å². The first-order valence-corrected chi connectivity index (χ1v) is 10.2. The fraction of sp³-hybridized carbons (Fsp3) is 0.304. The number of hydrogen-bond acceptors (Lipinski definition) is 3. The molecule has 5 heteroatoms. The quantitative estimate of drug-likeness (QED) is 0.748. The number of benzene rings is 2. The van der Waals surface area contributed by atoms with Gasteiger partial charge in [-0.25, -0.2) is 0 Å². The minimum absolute atomic E-state index is 0.0282. The summed E-state index contributed by atoms with van der Waals surface area (Å²) < 4.78 is 6.32. The van der Waals surface area contributed by atoms with Gasteiger partial charge >= 0.3 is 0 Å². The Kier molecular flexibility index (Phi) is 5.11. The maximum absolute atomic E-state index is 13.2. The lowest BCUT2D eigenvalue weighted by atomic mass is 9.73. The van der Waals surface area contributed by atoms with E-state index < -0.39 is 0 Å². The monoisotopic (exact) mass is 439 g/mol. The van der Waals surface area contributed by atoms with Crippen LogP contribution in [-0.2, 0) is 9.59 Å². The van der Waals surface area contributed by atoms with E-state index in [0.29, 0.717) is 19.3 Å². The van der Waals surface area contributed by atoms with Crippen LogP contribution in [0.3, 0.4) is 0 Å². The van der Waals surface area contributed by atoms with Gasteiger partial charge in [-0.1, -0.05) is 40.2 Å². The zero-order valence-corrected chi connectivity index (χ0v) is 17.5. The van der Waals surface area contributed by atoms with Gasteiger partial charge < -0.3 is 10.1 Å². The topological polar surface area (TPSA) is 55.4 Å². The van der Waals surface area contributed by atoms with Crippen LogP contribution in [0.1, 0.15) is 47.8 Å². The lowest BCUT2D eigenvalue weighted by Crippen LogP contribution is -2.38. The minimum atomic E-state index is -0.181. The van der Waals surface area contributed by atoms with E-state index in [4.69, 9.17) is 4.74 Å². The van der Waals surface area contributed by atoms with E-state index in [9.17, 15) is 9.59 Å². The number of hydrogen-bond donors (Lipinski definition) is 1. The molecule has 0 aromatic heterocycles. The molecule has 0 saturated carbocycles. The number of amides is 1. The fourth-order valence-electron chi connectivity index (χ4n) is 4.20. The SMILES string of the molecule is COc1cccc(C2CC(=O)C3=C(C2)NC(=O)CC3c2ccc(C)c(Br)c2)c1. The summed E-state index contributed by atoms with van der Waals surface area (Å²) in [6, 6.07) is 13.9. The van der Waals surface area contributed by atoms with Gasteiger partial charge in [-0.2, -0.15) is 0 Å². The highest BCUT2D eigenvalue weighted by Crippen LogP contribution is 2.43. The molecule has 2 aliphatic rings. The van der Waals surface area contributed by atoms with Crippen molar-refractivity contribution in [2.75, 3.05) is 7.11 Å². The number of carbonyl (C=O) groups excluding carboxylic acids is 2. The van der Waals surface area contributed by atoms with Gasteiger partial charge in [-0.05, 0) is 54.2 Å². The molecule has 1 N–H and O–H groups in total. The van der Waals surface area contributed by atoms with Crippen LogP contribution in [0.5, 0.6) is 5.75 Å². The second-order valence-corrected chi connectivity index (χ2v) is 8.37. The van der Waals surface area contributed by atoms with Crippen LogP contribution >= 0.6 is 15.9 Å². The van der Waals surface area contributed by atoms with E-state index in [0.717, 1.165) is 38.2 Å². The number of halogens is 1. The van der Waals surface area contributed by atoms with Crippen molar-refractivity contribution in [2.45, 2.75) is 38.0 Å². The van der Waals surface area contributed by atoms with Crippen molar-refractivity contribution in [3.63, 3.8) is 0 Å². The summed E-state index contributed by atoms with van der Waals surface area (Å²) in [5, 5.41) is 2.98. The summed E-state index contributed by atoms with van der Waals surface area (Å²) in [6.07, 6.45) is 1.42. The van der Waals surface area contributed by atoms with Crippen molar-refractivity contribution in [1.82, 2.24) is 5.32 Å². The minimum Gasteiger partial charge on any atom is -0.497 e. The average molecular weight is 440 g/mol. The molecule has 0 spiro atoms. The normalized spacial score (nSPS) is 22.0. The molecule has 2 unspecified atom stereocenters. The molecular weight excluding hydrogens is 418 g/mol. The van der Waals surface area contributed by atoms with Gasteiger partial charge in [0.05, 0.1) is 7.11 Å². The van der Waals surface area contributed by atoms with Gasteiger partial charge in [-0.15, -0.1) is 0 Å². The number of ether oxygens (including phenoxy) is 1. The molecule has 1 heterocycles. The number of rotatable bonds is 3. The van der Waals surface area contributed by atoms with Gasteiger partial charge in [0.15, 0.2) is 5.78 Å². The molecule has 1 aliphatic carbocycles. The van der Waals surface area contributed by atoms with Gasteiger partial charge in [0.2, 0.25) is 5.91 Å². The number of ketones is 1. The molecule has 28 heavy (non-hydrogen) atoms. The number of aryl methyl sites for hydroxylation is 1. The van der Waals surface area contributed by atoms with Crippen molar-refractivity contribution in [2.24, 2.45) is 0 Å². The first kappa shape index (κ1) is 18.9. The predicted molar refractivity (Wildman–Crippen MR) is 111 cm³/mol. The highest BCUT2D eigenvalue weighted by molar-refractivity contribution is 9.10. The van der Waals surface area contributed by atoms with Crippen molar-refractivity contribution in [1.29, 1.82) is 0 Å². The van der Waals surface area contributed by atoms with Crippen LogP contribution in [0.25, 0.3) is 0 Å². The Balaban J connectivity index is 1.71. The summed E-state index contributed by atoms with van der Waals surface area (Å²) in [5.41, 5.74) is 4.75. The van der Waals surface area contributed by atoms with E-state index >= 15 is 0 Å². The largest absolute Gasteiger partial charge is 0.497 e. The molecule has 2 atom stereocenters. The molecule has 1 amide bonds. The smallest absolute Gasteiger partial charge is 0.225 e. The summed E-state index contributed by atoms with van der Waals surface area (Å²) in [7, 11) is 1.64. The van der Waals surface area contributed by atoms with Gasteiger partial charge in [0.1, 0.15) is 5.75 Å². The maximum atomic E-state index is 13.2. The van der Waals surface area contributed by atoms with Crippen molar-refractivity contribution < 1.29 is 14.3 Å². The van der Waals surface area contributed by atoms with Crippen molar-refractivity contribution in [3.05, 3.63) is 74.9 Å². The van der Waals surface area contributed by atoms with E-state index in [-0.39, 0.29) is 23.5 Å². The van der Waals surface area contributed by atoms with Crippen LogP contribution in [0, 0.1) is 6.92 Å². The molecule has 0 radical (unpaired) electrons. The Labute approximate surface area is 173 Å². The molecule has 4 rings (SSSR count). The zero-order valence-electron chi connectivity index (χ0n) is 15.9. The third-order valence-corrected chi connectivity index (χ3v) is 6.55. The van der Waals surface area contributed by atoms with E-state index in [1.54, 1.807) is 7.11 Å². The highest BCUT2D eigenvalue weighted by atomic mass is 79.9. The lowest BCUT2D eigenvalue weighted by Gasteiger charge is -2.34. The maximum Gasteiger partial charge on any atom is 0.225 e. The molecule has 2 aromatic carbocycles. The fourth-order valence-corrected chi connectivity index (χ4v) is 4.60. The third kappa shape index (κ3) is 3.51. The second kappa shape index (κ2) is 7.55. The van der Waals surface area contributed by atoms with Crippen LogP contribution < -0.4 is 10.1 Å². The molecule has 0 saturated heterocycles. The molecule has 0 bridgehead atoms. The first-order chi connectivity index (χ1) is 13.5. The van der Waals surface area contributed by atoms with E-state index in [1.165, 1.54) is 0 Å². The van der Waals surface area contributed by atoms with Gasteiger partial charge in [0, 0.05) is 34.5 Å². The average Bonchev–Trinajstić information content (AvgIpc) is 2.69. The number of nitrogens with one attached hydrogen (secondary N) is 1. The molecule has 1 aliphatic heterocycles. The lowest BCUT2D eigenvalue weighted by molar-refractivity contribution is -0.122. The number of carbonyl (C=O) groups is 2. The Hall–Kier alpha value is -2.40. The molecule has 2 aromatic rings. The standard InChI is InChI=1S/C23H22BrNO3/c1-13-6-7-15(9-19(13)24)18-12-22(27)25-20-10-16(11-21(26)23(18)20)14-4-3-5-17(8-14)28-2/h3-9,16,18H,10-12H2,1-2H3,(H,25,27). The summed E-state index contributed by atoms with van der Waals surface area (Å²) in [6.45, 7) is 2.02. The Morgan fingerprint density at radius 1 is 1.04 bits per heavy atom. The van der Waals surface area contributed by atoms with Crippen LogP contribution in [0.2, 0.25) is 0 Å². The molecule has 144 valence electrons. The van der Waals surface area contributed by atoms with Crippen LogP contribution in [0.4, 0.5) is 0 Å². The Morgan fingerprint density at radius 3 is 2.61 bits per heavy atom. The number of Topliss-reactive ketones (excluding diaryl/α,β-unsaturated/α-hetero) is 1.